The molecule has 0 saturated carbocycles. The first-order chi connectivity index (χ1) is 28.4. The van der Waals surface area contributed by atoms with Crippen molar-refractivity contribution in [2.24, 2.45) is 11.3 Å². The molecule has 310 valence electrons. The molecular formula is C47H54ClN5O5S. The van der Waals surface area contributed by atoms with E-state index in [1.807, 2.05) is 61.7 Å². The summed E-state index contributed by atoms with van der Waals surface area (Å²) in [5.41, 5.74) is 8.08. The lowest BCUT2D eigenvalue weighted by molar-refractivity contribution is 0.0595. The van der Waals surface area contributed by atoms with Crippen LogP contribution in [0.1, 0.15) is 67.4 Å². The van der Waals surface area contributed by atoms with Crippen LogP contribution in [0.2, 0.25) is 5.02 Å². The molecule has 1 amide bonds. The summed E-state index contributed by atoms with van der Waals surface area (Å²) in [5, 5.41) is 5.15. The van der Waals surface area contributed by atoms with Crippen LogP contribution >= 0.6 is 11.6 Å². The highest BCUT2D eigenvalue weighted by Gasteiger charge is 2.30. The summed E-state index contributed by atoms with van der Waals surface area (Å²) in [4.78, 5) is 22.0. The molecule has 3 heterocycles. The summed E-state index contributed by atoms with van der Waals surface area (Å²) in [6.07, 6.45) is 7.30. The number of carbonyl (C=O) groups is 1. The van der Waals surface area contributed by atoms with Crippen molar-refractivity contribution in [3.8, 4) is 11.5 Å². The molecule has 10 nitrogen and oxygen atoms in total. The molecule has 5 aromatic rings. The van der Waals surface area contributed by atoms with Crippen LogP contribution < -0.4 is 19.7 Å². The van der Waals surface area contributed by atoms with Gasteiger partial charge in [-0.25, -0.2) is 13.1 Å². The van der Waals surface area contributed by atoms with Gasteiger partial charge in [0.1, 0.15) is 11.5 Å². The standard InChI is InChI=1S/C47H54ClN5O5S/c1-32-25-40(12-15-43(32)50-29-33-5-4-24-57-31-33)59(55,56)51-46(54)41-13-10-38(27-45(41)58-39-11-14-44-35(26-39)17-19-49-44)53-22-20-52(21-23-53)30-36-16-18-47(2,3)28-42(36)34-6-8-37(48)9-7-34/h6-15,17,19,25-27,33,49-50H,4-5,16,18,20-24,28-31H2,1-3H3,(H,51,54). The van der Waals surface area contributed by atoms with Crippen molar-refractivity contribution in [3.05, 3.63) is 118 Å². The number of nitrogens with one attached hydrogen (secondary N) is 3. The van der Waals surface area contributed by atoms with Crippen molar-refractivity contribution in [3.63, 3.8) is 0 Å². The Balaban J connectivity index is 0.986. The second-order valence-corrected chi connectivity index (χ2v) is 19.2. The number of allylic oxidation sites excluding steroid dienone is 1. The van der Waals surface area contributed by atoms with Crippen LogP contribution in [0.15, 0.2) is 102 Å². The molecule has 0 radical (unpaired) electrons. The van der Waals surface area contributed by atoms with Crippen LogP contribution in [0.3, 0.4) is 0 Å². The summed E-state index contributed by atoms with van der Waals surface area (Å²) >= 11 is 6.25. The molecule has 12 heteroatoms. The van der Waals surface area contributed by atoms with Crippen LogP contribution in [-0.4, -0.2) is 76.7 Å². The largest absolute Gasteiger partial charge is 0.456 e. The number of carbonyl (C=O) groups excluding carboxylic acids is 1. The van der Waals surface area contributed by atoms with Crippen molar-refractivity contribution < 1.29 is 22.7 Å². The average Bonchev–Trinajstić information content (AvgIpc) is 3.70. The number of ether oxygens (including phenoxy) is 2. The number of nitrogens with zero attached hydrogens (tertiary/aromatic N) is 2. The maximum atomic E-state index is 13.9. The van der Waals surface area contributed by atoms with E-state index in [0.29, 0.717) is 11.7 Å². The first kappa shape index (κ1) is 40.9. The highest BCUT2D eigenvalue weighted by molar-refractivity contribution is 7.90. The zero-order valence-corrected chi connectivity index (χ0v) is 35.7. The highest BCUT2D eigenvalue weighted by atomic mass is 35.5. The minimum atomic E-state index is -4.21. The Morgan fingerprint density at radius 2 is 1.80 bits per heavy atom. The van der Waals surface area contributed by atoms with E-state index in [2.05, 4.69) is 50.8 Å². The molecule has 1 unspecified atom stereocenters. The van der Waals surface area contributed by atoms with Gasteiger partial charge in [0, 0.05) is 85.4 Å². The molecule has 2 fully saturated rings. The SMILES string of the molecule is Cc1cc(S(=O)(=O)NC(=O)c2ccc(N3CCN(CC4=C(c5ccc(Cl)cc5)CC(C)(C)CC4)CC3)cc2Oc2ccc3[nH]ccc3c2)ccc1NCC1CCCOC1. The van der Waals surface area contributed by atoms with Gasteiger partial charge in [0.2, 0.25) is 0 Å². The molecular weight excluding hydrogens is 782 g/mol. The highest BCUT2D eigenvalue weighted by Crippen LogP contribution is 2.43. The number of H-pyrrole nitrogens is 1. The fourth-order valence-electron chi connectivity index (χ4n) is 8.56. The molecule has 4 aromatic carbocycles. The molecule has 1 atom stereocenters. The van der Waals surface area contributed by atoms with Crippen LogP contribution in [-0.2, 0) is 14.8 Å². The summed E-state index contributed by atoms with van der Waals surface area (Å²) in [7, 11) is -4.21. The van der Waals surface area contributed by atoms with Crippen molar-refractivity contribution in [1.29, 1.82) is 0 Å². The summed E-state index contributed by atoms with van der Waals surface area (Å²) in [5.74, 6) is 0.458. The molecule has 8 rings (SSSR count). The predicted molar refractivity (Wildman–Crippen MR) is 237 cm³/mol. The Morgan fingerprint density at radius 3 is 2.56 bits per heavy atom. The summed E-state index contributed by atoms with van der Waals surface area (Å²) in [6.45, 7) is 13.1. The molecule has 59 heavy (non-hydrogen) atoms. The number of piperazine rings is 1. The Bertz CT molecular complexity index is 2450. The number of halogens is 1. The van der Waals surface area contributed by atoms with Crippen LogP contribution in [0.25, 0.3) is 16.5 Å². The third-order valence-corrected chi connectivity index (χ3v) is 13.6. The van der Waals surface area contributed by atoms with Crippen LogP contribution in [0, 0.1) is 18.3 Å². The molecule has 3 aliphatic rings. The Kier molecular flexibility index (Phi) is 12.1. The molecule has 2 aliphatic heterocycles. The Labute approximate surface area is 353 Å². The fourth-order valence-corrected chi connectivity index (χ4v) is 9.74. The van der Waals surface area contributed by atoms with E-state index >= 15 is 0 Å². The lowest BCUT2D eigenvalue weighted by Gasteiger charge is -2.39. The fraction of sp³-hybridized carbons (Fsp3) is 0.383. The lowest BCUT2D eigenvalue weighted by Crippen LogP contribution is -2.47. The Morgan fingerprint density at radius 1 is 0.983 bits per heavy atom. The molecule has 1 aromatic heterocycles. The third-order valence-electron chi connectivity index (χ3n) is 12.1. The maximum absolute atomic E-state index is 13.9. The van der Waals surface area contributed by atoms with Crippen molar-refractivity contribution in [2.75, 3.05) is 62.7 Å². The molecule has 3 N–H and O–H groups in total. The van der Waals surface area contributed by atoms with Crippen LogP contribution in [0.4, 0.5) is 11.4 Å². The van der Waals surface area contributed by atoms with Gasteiger partial charge >= 0.3 is 0 Å². The quantitative estimate of drug-likeness (QED) is 0.114. The van der Waals surface area contributed by atoms with E-state index in [1.165, 1.54) is 29.2 Å². The molecule has 2 saturated heterocycles. The van der Waals surface area contributed by atoms with Gasteiger partial charge in [-0.3, -0.25) is 9.69 Å². The van der Waals surface area contributed by atoms with E-state index in [0.717, 1.165) is 111 Å². The molecule has 0 bridgehead atoms. The first-order valence-corrected chi connectivity index (χ1v) is 22.6. The minimum Gasteiger partial charge on any atom is -0.456 e. The number of aromatic nitrogens is 1. The maximum Gasteiger partial charge on any atom is 0.268 e. The summed E-state index contributed by atoms with van der Waals surface area (Å²) < 4.78 is 41.7. The lowest BCUT2D eigenvalue weighted by atomic mass is 9.72. The van der Waals surface area contributed by atoms with Crippen LogP contribution in [0.5, 0.6) is 11.5 Å². The van der Waals surface area contributed by atoms with E-state index in [1.54, 1.807) is 18.2 Å². The topological polar surface area (TPSA) is 116 Å². The third kappa shape index (κ3) is 9.81. The van der Waals surface area contributed by atoms with Gasteiger partial charge in [0.15, 0.2) is 0 Å². The van der Waals surface area contributed by atoms with Gasteiger partial charge < -0.3 is 24.7 Å². The number of benzene rings is 4. The van der Waals surface area contributed by atoms with E-state index < -0.39 is 15.9 Å². The van der Waals surface area contributed by atoms with Gasteiger partial charge in [-0.1, -0.05) is 43.2 Å². The number of aromatic amines is 1. The number of hydrogen-bond donors (Lipinski definition) is 3. The first-order valence-electron chi connectivity index (χ1n) is 20.7. The number of anilines is 2. The molecule has 1 aliphatic carbocycles. The van der Waals surface area contributed by atoms with Crippen molar-refractivity contribution >= 4 is 55.4 Å². The van der Waals surface area contributed by atoms with Gasteiger partial charge in [-0.15, -0.1) is 0 Å². The zero-order chi connectivity index (χ0) is 41.1. The number of rotatable bonds is 12. The normalized spacial score (nSPS) is 18.8. The summed E-state index contributed by atoms with van der Waals surface area (Å²) in [6, 6.07) is 26.1. The smallest absolute Gasteiger partial charge is 0.268 e. The van der Waals surface area contributed by atoms with Gasteiger partial charge in [0.05, 0.1) is 17.1 Å². The van der Waals surface area contributed by atoms with Crippen molar-refractivity contribution in [2.45, 2.75) is 57.8 Å². The Hall–Kier alpha value is -4.81. The molecule has 0 spiro atoms. The number of aryl methyl sites for hydroxylation is 1. The van der Waals surface area contributed by atoms with Gasteiger partial charge in [-0.05, 0) is 134 Å². The average molecular weight is 836 g/mol. The second-order valence-electron chi connectivity index (χ2n) is 17.1. The van der Waals surface area contributed by atoms with Crippen molar-refractivity contribution in [1.82, 2.24) is 14.6 Å². The van der Waals surface area contributed by atoms with Gasteiger partial charge in [0.25, 0.3) is 15.9 Å². The number of amides is 1. The number of fused-ring (bicyclic) bond motifs is 1. The monoisotopic (exact) mass is 835 g/mol. The van der Waals surface area contributed by atoms with E-state index in [9.17, 15) is 13.2 Å². The zero-order valence-electron chi connectivity index (χ0n) is 34.2. The van der Waals surface area contributed by atoms with E-state index in [4.69, 9.17) is 21.1 Å². The second kappa shape index (κ2) is 17.4. The van der Waals surface area contributed by atoms with E-state index in [-0.39, 0.29) is 21.6 Å². The number of sulfonamides is 1. The predicted octanol–water partition coefficient (Wildman–Crippen LogP) is 9.67. The minimum absolute atomic E-state index is 0.0118. The number of hydrogen-bond acceptors (Lipinski definition) is 8. The van der Waals surface area contributed by atoms with Gasteiger partial charge in [-0.2, -0.15) is 0 Å².